The van der Waals surface area contributed by atoms with Crippen molar-refractivity contribution < 1.29 is 19.4 Å². The number of methoxy groups -OCH3 is 2. The fourth-order valence-electron chi connectivity index (χ4n) is 1.10. The summed E-state index contributed by atoms with van der Waals surface area (Å²) in [6.07, 6.45) is 0.576. The molecule has 0 aromatic heterocycles. The Kier molecular flexibility index (Phi) is 3.19. The lowest BCUT2D eigenvalue weighted by atomic mass is 10.2. The summed E-state index contributed by atoms with van der Waals surface area (Å²) in [5.74, 6) is -0.0110. The molecule has 1 N–H and O–H groups in total. The van der Waals surface area contributed by atoms with E-state index in [1.165, 1.54) is 20.3 Å². The second-order valence-electron chi connectivity index (χ2n) is 2.48. The number of rotatable bonds is 3. The van der Waals surface area contributed by atoms with Crippen LogP contribution in [-0.4, -0.2) is 25.6 Å². The molecule has 0 heterocycles. The fourth-order valence-corrected chi connectivity index (χ4v) is 1.31. The maximum atomic E-state index is 10.6. The summed E-state index contributed by atoms with van der Waals surface area (Å²) < 4.78 is 9.79. The second-order valence-corrected chi connectivity index (χ2v) is 2.89. The number of hydrogen-bond donors (Lipinski definition) is 1. The summed E-state index contributed by atoms with van der Waals surface area (Å²) in [6, 6.07) is 1.31. The highest BCUT2D eigenvalue weighted by atomic mass is 35.5. The van der Waals surface area contributed by atoms with Crippen molar-refractivity contribution in [2.24, 2.45) is 0 Å². The first kappa shape index (κ1) is 10.7. The minimum atomic E-state index is -0.239. The maximum Gasteiger partial charge on any atom is 0.205 e. The molecule has 0 amide bonds. The summed E-state index contributed by atoms with van der Waals surface area (Å²) >= 11 is 5.66. The highest BCUT2D eigenvalue weighted by Gasteiger charge is 2.17. The van der Waals surface area contributed by atoms with Crippen molar-refractivity contribution in [3.05, 3.63) is 16.7 Å². The van der Waals surface area contributed by atoms with Crippen molar-refractivity contribution in [2.75, 3.05) is 14.2 Å². The standard InChI is InChI=1S/C9H9ClO4/c1-13-8-5(4-11)3-6(10)7(12)9(8)14-2/h3-4,12H,1-2H3. The van der Waals surface area contributed by atoms with E-state index in [1.54, 1.807) is 0 Å². The zero-order chi connectivity index (χ0) is 10.7. The van der Waals surface area contributed by atoms with Gasteiger partial charge in [0.05, 0.1) is 24.8 Å². The van der Waals surface area contributed by atoms with Crippen LogP contribution in [0.3, 0.4) is 0 Å². The molecule has 0 fully saturated rings. The number of benzene rings is 1. The number of phenolic OH excluding ortho intramolecular Hbond substituents is 1. The quantitative estimate of drug-likeness (QED) is 0.784. The van der Waals surface area contributed by atoms with Crippen LogP contribution in [0, 0.1) is 0 Å². The number of ether oxygens (including phenoxy) is 2. The average molecular weight is 217 g/mol. The monoisotopic (exact) mass is 216 g/mol. The summed E-state index contributed by atoms with van der Waals surface area (Å²) in [5, 5.41) is 9.52. The molecule has 4 nitrogen and oxygen atoms in total. The Labute approximate surface area is 86.0 Å². The van der Waals surface area contributed by atoms with Gasteiger partial charge < -0.3 is 14.6 Å². The molecular formula is C9H9ClO4. The van der Waals surface area contributed by atoms with E-state index in [0.29, 0.717) is 6.29 Å². The molecular weight excluding hydrogens is 208 g/mol. The SMILES string of the molecule is COc1c(C=O)cc(Cl)c(O)c1OC. The van der Waals surface area contributed by atoms with Gasteiger partial charge in [-0.05, 0) is 6.07 Å². The molecule has 0 bridgehead atoms. The zero-order valence-electron chi connectivity index (χ0n) is 7.70. The van der Waals surface area contributed by atoms with Crippen molar-refractivity contribution in [1.82, 2.24) is 0 Å². The molecule has 0 unspecified atom stereocenters. The molecule has 0 saturated carbocycles. The van der Waals surface area contributed by atoms with Crippen LogP contribution in [0.4, 0.5) is 0 Å². The predicted octanol–water partition coefficient (Wildman–Crippen LogP) is 1.88. The summed E-state index contributed by atoms with van der Waals surface area (Å²) in [5.41, 5.74) is 0.229. The molecule has 76 valence electrons. The Hall–Kier alpha value is -1.42. The molecule has 0 saturated heterocycles. The Morgan fingerprint density at radius 3 is 2.36 bits per heavy atom. The van der Waals surface area contributed by atoms with Crippen LogP contribution in [0.1, 0.15) is 10.4 Å². The number of aromatic hydroxyl groups is 1. The minimum absolute atomic E-state index is 0.0461. The van der Waals surface area contributed by atoms with Gasteiger partial charge in [-0.2, -0.15) is 0 Å². The molecule has 0 atom stereocenters. The van der Waals surface area contributed by atoms with Gasteiger partial charge in [0.1, 0.15) is 0 Å². The third kappa shape index (κ3) is 1.61. The Bertz CT molecular complexity index is 362. The van der Waals surface area contributed by atoms with Crippen LogP contribution >= 0.6 is 11.6 Å². The van der Waals surface area contributed by atoms with E-state index in [4.69, 9.17) is 21.1 Å². The maximum absolute atomic E-state index is 10.6. The topological polar surface area (TPSA) is 55.8 Å². The number of carbonyl (C=O) groups is 1. The van der Waals surface area contributed by atoms with Crippen LogP contribution < -0.4 is 9.47 Å². The molecule has 0 radical (unpaired) electrons. The number of halogens is 1. The molecule has 1 rings (SSSR count). The first-order chi connectivity index (χ1) is 6.65. The molecule has 1 aromatic carbocycles. The first-order valence-electron chi connectivity index (χ1n) is 3.74. The van der Waals surface area contributed by atoms with Gasteiger partial charge >= 0.3 is 0 Å². The Morgan fingerprint density at radius 1 is 1.36 bits per heavy atom. The van der Waals surface area contributed by atoms with Gasteiger partial charge in [0, 0.05) is 0 Å². The molecule has 0 aliphatic heterocycles. The smallest absolute Gasteiger partial charge is 0.205 e. The van der Waals surface area contributed by atoms with Gasteiger partial charge in [-0.25, -0.2) is 0 Å². The molecule has 14 heavy (non-hydrogen) atoms. The molecule has 5 heteroatoms. The lowest BCUT2D eigenvalue weighted by molar-refractivity contribution is 0.112. The molecule has 0 aliphatic rings. The van der Waals surface area contributed by atoms with Crippen molar-refractivity contribution in [2.45, 2.75) is 0 Å². The third-order valence-corrected chi connectivity index (χ3v) is 2.02. The van der Waals surface area contributed by atoms with Crippen LogP contribution in [0.25, 0.3) is 0 Å². The van der Waals surface area contributed by atoms with Crippen LogP contribution in [0.2, 0.25) is 5.02 Å². The van der Waals surface area contributed by atoms with Gasteiger partial charge in [0.2, 0.25) is 5.75 Å². The van der Waals surface area contributed by atoms with E-state index in [1.807, 2.05) is 0 Å². The molecule has 0 aliphatic carbocycles. The highest BCUT2D eigenvalue weighted by molar-refractivity contribution is 6.32. The van der Waals surface area contributed by atoms with Gasteiger partial charge in [-0.1, -0.05) is 11.6 Å². The van der Waals surface area contributed by atoms with Crippen LogP contribution in [0.15, 0.2) is 6.07 Å². The van der Waals surface area contributed by atoms with Gasteiger partial charge in [-0.15, -0.1) is 0 Å². The minimum Gasteiger partial charge on any atom is -0.503 e. The fraction of sp³-hybridized carbons (Fsp3) is 0.222. The zero-order valence-corrected chi connectivity index (χ0v) is 8.46. The lowest BCUT2D eigenvalue weighted by Crippen LogP contribution is -1.96. The largest absolute Gasteiger partial charge is 0.503 e. The van der Waals surface area contributed by atoms with Crippen molar-refractivity contribution in [1.29, 1.82) is 0 Å². The summed E-state index contributed by atoms with van der Waals surface area (Å²) in [7, 11) is 2.72. The van der Waals surface area contributed by atoms with E-state index in [0.717, 1.165) is 0 Å². The number of phenols is 1. The van der Waals surface area contributed by atoms with Crippen molar-refractivity contribution in [3.8, 4) is 17.2 Å². The predicted molar refractivity (Wildman–Crippen MR) is 51.6 cm³/mol. The Morgan fingerprint density at radius 2 is 1.93 bits per heavy atom. The van der Waals surface area contributed by atoms with Gasteiger partial charge in [0.15, 0.2) is 17.8 Å². The summed E-state index contributed by atoms with van der Waals surface area (Å²) in [4.78, 5) is 10.6. The first-order valence-corrected chi connectivity index (χ1v) is 4.12. The van der Waals surface area contributed by atoms with Gasteiger partial charge in [0.25, 0.3) is 0 Å². The Balaban J connectivity index is 3.49. The lowest BCUT2D eigenvalue weighted by Gasteiger charge is -2.11. The normalized spacial score (nSPS) is 9.64. The van der Waals surface area contributed by atoms with E-state index < -0.39 is 0 Å². The number of hydrogen-bond acceptors (Lipinski definition) is 4. The van der Waals surface area contributed by atoms with E-state index >= 15 is 0 Å². The van der Waals surface area contributed by atoms with Gasteiger partial charge in [-0.3, -0.25) is 4.79 Å². The van der Waals surface area contributed by atoms with E-state index in [9.17, 15) is 9.90 Å². The number of aldehydes is 1. The molecule has 0 spiro atoms. The van der Waals surface area contributed by atoms with E-state index in [2.05, 4.69) is 0 Å². The molecule has 1 aromatic rings. The number of carbonyl (C=O) groups excluding carboxylic acids is 1. The summed E-state index contributed by atoms with van der Waals surface area (Å²) in [6.45, 7) is 0. The van der Waals surface area contributed by atoms with E-state index in [-0.39, 0.29) is 27.8 Å². The van der Waals surface area contributed by atoms with Crippen LogP contribution in [-0.2, 0) is 0 Å². The highest BCUT2D eigenvalue weighted by Crippen LogP contribution is 2.43. The third-order valence-electron chi connectivity index (χ3n) is 1.73. The second kappa shape index (κ2) is 4.19. The van der Waals surface area contributed by atoms with Crippen molar-refractivity contribution in [3.63, 3.8) is 0 Å². The van der Waals surface area contributed by atoms with Crippen LogP contribution in [0.5, 0.6) is 17.2 Å². The average Bonchev–Trinajstić information content (AvgIpc) is 2.20. The van der Waals surface area contributed by atoms with Crippen molar-refractivity contribution >= 4 is 17.9 Å².